The summed E-state index contributed by atoms with van der Waals surface area (Å²) in [5.41, 5.74) is 2.13. The molecule has 0 spiro atoms. The number of rotatable bonds is 4. The summed E-state index contributed by atoms with van der Waals surface area (Å²) in [5.74, 6) is 0.135. The third kappa shape index (κ3) is 4.37. The van der Waals surface area contributed by atoms with Crippen molar-refractivity contribution in [3.05, 3.63) is 29.8 Å². The first-order chi connectivity index (χ1) is 12.6. The summed E-state index contributed by atoms with van der Waals surface area (Å²) in [6.07, 6.45) is 7.33. The van der Waals surface area contributed by atoms with Crippen LogP contribution >= 0.6 is 0 Å². The molecule has 0 unspecified atom stereocenters. The molecule has 1 saturated heterocycles. The fourth-order valence-corrected chi connectivity index (χ4v) is 4.28. The molecule has 1 aromatic carbocycles. The second kappa shape index (κ2) is 8.56. The average Bonchev–Trinajstić information content (AvgIpc) is 3.17. The molecular weight excluding hydrogens is 326 g/mol. The Bertz CT molecular complexity index is 615. The number of hydrogen-bond acceptors (Lipinski definition) is 2. The van der Waals surface area contributed by atoms with Gasteiger partial charge in [-0.15, -0.1) is 0 Å². The molecule has 3 amide bonds. The van der Waals surface area contributed by atoms with Crippen LogP contribution in [0.3, 0.4) is 0 Å². The van der Waals surface area contributed by atoms with Gasteiger partial charge in [0, 0.05) is 37.8 Å². The van der Waals surface area contributed by atoms with Crippen molar-refractivity contribution in [2.45, 2.75) is 70.9 Å². The molecule has 26 heavy (non-hydrogen) atoms. The number of nitrogens with one attached hydrogen (secondary N) is 1. The molecule has 1 aliphatic heterocycles. The minimum atomic E-state index is 0.0161. The van der Waals surface area contributed by atoms with Gasteiger partial charge in [-0.3, -0.25) is 4.79 Å². The van der Waals surface area contributed by atoms with E-state index in [1.165, 1.54) is 18.4 Å². The summed E-state index contributed by atoms with van der Waals surface area (Å²) in [7, 11) is 0. The van der Waals surface area contributed by atoms with Crippen LogP contribution in [-0.4, -0.2) is 46.9 Å². The molecule has 1 aromatic rings. The van der Waals surface area contributed by atoms with E-state index in [0.29, 0.717) is 6.04 Å². The Hall–Kier alpha value is -2.04. The van der Waals surface area contributed by atoms with Crippen molar-refractivity contribution < 1.29 is 9.59 Å². The first-order valence-corrected chi connectivity index (χ1v) is 10.0. The van der Waals surface area contributed by atoms with E-state index in [1.807, 2.05) is 17.0 Å². The van der Waals surface area contributed by atoms with Gasteiger partial charge in [-0.25, -0.2) is 4.79 Å². The Labute approximate surface area is 156 Å². The molecule has 1 N–H and O–H groups in total. The SMILES string of the molecule is CCc1ccc(NC(=O)N(C2CCCC2)C2CCN(C(C)=O)CC2)cc1. The number of benzene rings is 1. The Balaban J connectivity index is 1.69. The topological polar surface area (TPSA) is 52.7 Å². The maximum atomic E-state index is 13.1. The minimum absolute atomic E-state index is 0.0161. The van der Waals surface area contributed by atoms with Gasteiger partial charge in [0.25, 0.3) is 0 Å². The summed E-state index contributed by atoms with van der Waals surface area (Å²) in [6.45, 7) is 5.26. The van der Waals surface area contributed by atoms with Crippen molar-refractivity contribution in [1.29, 1.82) is 0 Å². The molecule has 0 bridgehead atoms. The van der Waals surface area contributed by atoms with Crippen LogP contribution in [0.2, 0.25) is 0 Å². The summed E-state index contributed by atoms with van der Waals surface area (Å²) in [5, 5.41) is 3.11. The van der Waals surface area contributed by atoms with E-state index >= 15 is 0 Å². The monoisotopic (exact) mass is 357 g/mol. The lowest BCUT2D eigenvalue weighted by atomic mass is 10.0. The highest BCUT2D eigenvalue weighted by molar-refractivity contribution is 5.89. The maximum Gasteiger partial charge on any atom is 0.322 e. The van der Waals surface area contributed by atoms with Crippen molar-refractivity contribution in [3.8, 4) is 0 Å². The molecule has 1 saturated carbocycles. The van der Waals surface area contributed by atoms with Crippen LogP contribution in [0.5, 0.6) is 0 Å². The zero-order valence-electron chi connectivity index (χ0n) is 16.0. The average molecular weight is 357 g/mol. The summed E-state index contributed by atoms with van der Waals surface area (Å²) < 4.78 is 0. The molecule has 3 rings (SSSR count). The van der Waals surface area contributed by atoms with Crippen molar-refractivity contribution >= 4 is 17.6 Å². The lowest BCUT2D eigenvalue weighted by Crippen LogP contribution is -2.53. The van der Waals surface area contributed by atoms with Gasteiger partial charge in [-0.05, 0) is 49.8 Å². The fraction of sp³-hybridized carbons (Fsp3) is 0.619. The Morgan fingerprint density at radius 1 is 1.04 bits per heavy atom. The Morgan fingerprint density at radius 3 is 2.15 bits per heavy atom. The van der Waals surface area contributed by atoms with Gasteiger partial charge in [0.2, 0.25) is 5.91 Å². The zero-order valence-corrected chi connectivity index (χ0v) is 16.0. The Morgan fingerprint density at radius 2 is 1.62 bits per heavy atom. The van der Waals surface area contributed by atoms with Crippen LogP contribution < -0.4 is 5.32 Å². The standard InChI is InChI=1S/C21H31N3O2/c1-3-17-8-10-18(11-9-17)22-21(26)24(19-6-4-5-7-19)20-12-14-23(15-13-20)16(2)25/h8-11,19-20H,3-7,12-15H2,1-2H3,(H,22,26). The van der Waals surface area contributed by atoms with Crippen LogP contribution in [0.25, 0.3) is 0 Å². The molecule has 1 heterocycles. The number of carbonyl (C=O) groups is 2. The molecule has 1 aliphatic carbocycles. The summed E-state index contributed by atoms with van der Waals surface area (Å²) >= 11 is 0. The number of nitrogens with zero attached hydrogens (tertiary/aromatic N) is 2. The van der Waals surface area contributed by atoms with E-state index in [-0.39, 0.29) is 18.0 Å². The predicted molar refractivity (Wildman–Crippen MR) is 104 cm³/mol. The van der Waals surface area contributed by atoms with Crippen LogP contribution in [0.1, 0.15) is 57.9 Å². The fourth-order valence-electron chi connectivity index (χ4n) is 4.28. The van der Waals surface area contributed by atoms with Crippen molar-refractivity contribution in [2.24, 2.45) is 0 Å². The molecular formula is C21H31N3O2. The van der Waals surface area contributed by atoms with E-state index in [0.717, 1.165) is 50.9 Å². The number of aryl methyl sites for hydroxylation is 1. The van der Waals surface area contributed by atoms with E-state index in [2.05, 4.69) is 29.3 Å². The van der Waals surface area contributed by atoms with Gasteiger partial charge in [0.1, 0.15) is 0 Å². The first-order valence-electron chi connectivity index (χ1n) is 10.0. The number of urea groups is 1. The van der Waals surface area contributed by atoms with Crippen molar-refractivity contribution in [2.75, 3.05) is 18.4 Å². The van der Waals surface area contributed by atoms with E-state index in [1.54, 1.807) is 6.92 Å². The predicted octanol–water partition coefficient (Wildman–Crippen LogP) is 4.04. The Kier molecular flexibility index (Phi) is 6.17. The molecule has 142 valence electrons. The van der Waals surface area contributed by atoms with E-state index < -0.39 is 0 Å². The molecule has 0 radical (unpaired) electrons. The molecule has 5 heteroatoms. The second-order valence-corrected chi connectivity index (χ2v) is 7.56. The van der Waals surface area contributed by atoms with Gasteiger partial charge in [-0.2, -0.15) is 0 Å². The largest absolute Gasteiger partial charge is 0.343 e. The van der Waals surface area contributed by atoms with Gasteiger partial charge >= 0.3 is 6.03 Å². The van der Waals surface area contributed by atoms with Crippen molar-refractivity contribution in [3.63, 3.8) is 0 Å². The maximum absolute atomic E-state index is 13.1. The van der Waals surface area contributed by atoms with Crippen LogP contribution in [0, 0.1) is 0 Å². The third-order valence-corrected chi connectivity index (χ3v) is 5.87. The second-order valence-electron chi connectivity index (χ2n) is 7.56. The van der Waals surface area contributed by atoms with E-state index in [9.17, 15) is 9.59 Å². The molecule has 5 nitrogen and oxygen atoms in total. The molecule has 2 aliphatic rings. The van der Waals surface area contributed by atoms with Gasteiger partial charge in [-0.1, -0.05) is 31.9 Å². The molecule has 2 fully saturated rings. The van der Waals surface area contributed by atoms with Crippen molar-refractivity contribution in [1.82, 2.24) is 9.80 Å². The number of carbonyl (C=O) groups excluding carboxylic acids is 2. The molecule has 0 aromatic heterocycles. The highest BCUT2D eigenvalue weighted by Gasteiger charge is 2.35. The quantitative estimate of drug-likeness (QED) is 0.884. The van der Waals surface area contributed by atoms with Crippen LogP contribution in [0.15, 0.2) is 24.3 Å². The first kappa shape index (κ1) is 18.7. The number of anilines is 1. The smallest absolute Gasteiger partial charge is 0.322 e. The normalized spacial score (nSPS) is 18.8. The minimum Gasteiger partial charge on any atom is -0.343 e. The number of likely N-dealkylation sites (tertiary alicyclic amines) is 1. The third-order valence-electron chi connectivity index (χ3n) is 5.87. The zero-order chi connectivity index (χ0) is 18.5. The van der Waals surface area contributed by atoms with Gasteiger partial charge in [0.15, 0.2) is 0 Å². The summed E-state index contributed by atoms with van der Waals surface area (Å²) in [4.78, 5) is 28.7. The number of piperidine rings is 1. The number of amides is 3. The highest BCUT2D eigenvalue weighted by Crippen LogP contribution is 2.29. The van der Waals surface area contributed by atoms with E-state index in [4.69, 9.17) is 0 Å². The lowest BCUT2D eigenvalue weighted by molar-refractivity contribution is -0.130. The summed E-state index contributed by atoms with van der Waals surface area (Å²) in [6, 6.07) is 8.69. The van der Waals surface area contributed by atoms with Gasteiger partial charge < -0.3 is 15.1 Å². The lowest BCUT2D eigenvalue weighted by Gasteiger charge is -2.41. The van der Waals surface area contributed by atoms with Crippen LogP contribution in [-0.2, 0) is 11.2 Å². The number of hydrogen-bond donors (Lipinski definition) is 1. The molecule has 0 atom stereocenters. The van der Waals surface area contributed by atoms with Crippen LogP contribution in [0.4, 0.5) is 10.5 Å². The van der Waals surface area contributed by atoms with Gasteiger partial charge in [0.05, 0.1) is 0 Å². The highest BCUT2D eigenvalue weighted by atomic mass is 16.2.